The molecule has 0 radical (unpaired) electrons. The SMILES string of the molecule is CCOCn1cccc1/C=C(\C#N)c1ccc(F)cc1F. The molecule has 0 saturated heterocycles. The topological polar surface area (TPSA) is 38.0 Å². The molecule has 1 heterocycles. The Morgan fingerprint density at radius 3 is 2.86 bits per heavy atom. The third-order valence-corrected chi connectivity index (χ3v) is 2.93. The number of hydrogen-bond donors (Lipinski definition) is 0. The molecule has 0 amide bonds. The fourth-order valence-electron chi connectivity index (χ4n) is 1.89. The number of hydrogen-bond acceptors (Lipinski definition) is 2. The van der Waals surface area contributed by atoms with Crippen LogP contribution in [0.4, 0.5) is 8.78 Å². The molecule has 2 rings (SSSR count). The minimum Gasteiger partial charge on any atom is -0.361 e. The van der Waals surface area contributed by atoms with E-state index in [-0.39, 0.29) is 11.1 Å². The summed E-state index contributed by atoms with van der Waals surface area (Å²) in [5.41, 5.74) is 0.913. The lowest BCUT2D eigenvalue weighted by atomic mass is 10.1. The molecule has 0 aliphatic heterocycles. The van der Waals surface area contributed by atoms with Crippen LogP contribution in [0.25, 0.3) is 11.6 Å². The highest BCUT2D eigenvalue weighted by Crippen LogP contribution is 2.21. The lowest BCUT2D eigenvalue weighted by molar-refractivity contribution is 0.0877. The number of nitrogens with zero attached hydrogens (tertiary/aromatic N) is 2. The van der Waals surface area contributed by atoms with Crippen LogP contribution in [0, 0.1) is 23.0 Å². The van der Waals surface area contributed by atoms with Gasteiger partial charge in [-0.2, -0.15) is 5.26 Å². The average molecular weight is 288 g/mol. The molecule has 0 bridgehead atoms. The molecule has 1 aromatic heterocycles. The van der Waals surface area contributed by atoms with Gasteiger partial charge in [0.1, 0.15) is 18.4 Å². The summed E-state index contributed by atoms with van der Waals surface area (Å²) in [6.07, 6.45) is 3.35. The van der Waals surface area contributed by atoms with Crippen molar-refractivity contribution in [2.45, 2.75) is 13.7 Å². The van der Waals surface area contributed by atoms with Gasteiger partial charge in [-0.05, 0) is 37.3 Å². The zero-order valence-corrected chi connectivity index (χ0v) is 11.5. The van der Waals surface area contributed by atoms with Crippen molar-refractivity contribution in [2.24, 2.45) is 0 Å². The van der Waals surface area contributed by atoms with Crippen LogP contribution >= 0.6 is 0 Å². The number of allylic oxidation sites excluding steroid dienone is 1. The fourth-order valence-corrected chi connectivity index (χ4v) is 1.89. The van der Waals surface area contributed by atoms with E-state index in [2.05, 4.69) is 0 Å². The van der Waals surface area contributed by atoms with E-state index < -0.39 is 11.6 Å². The van der Waals surface area contributed by atoms with Crippen molar-refractivity contribution in [3.8, 4) is 6.07 Å². The van der Waals surface area contributed by atoms with E-state index in [1.165, 1.54) is 6.07 Å². The monoisotopic (exact) mass is 288 g/mol. The Hall–Kier alpha value is -2.45. The van der Waals surface area contributed by atoms with Gasteiger partial charge in [-0.3, -0.25) is 0 Å². The minimum absolute atomic E-state index is 0.0723. The lowest BCUT2D eigenvalue weighted by Gasteiger charge is -2.07. The molecule has 0 unspecified atom stereocenters. The molecule has 0 atom stereocenters. The summed E-state index contributed by atoms with van der Waals surface area (Å²) < 4.78 is 33.8. The summed E-state index contributed by atoms with van der Waals surface area (Å²) in [6.45, 7) is 2.80. The van der Waals surface area contributed by atoms with E-state index in [0.717, 1.165) is 12.1 Å². The first kappa shape index (κ1) is 14.9. The largest absolute Gasteiger partial charge is 0.361 e. The molecule has 108 valence electrons. The minimum atomic E-state index is -0.759. The molecule has 2 aromatic rings. The van der Waals surface area contributed by atoms with E-state index in [4.69, 9.17) is 4.74 Å². The van der Waals surface area contributed by atoms with Gasteiger partial charge in [0.2, 0.25) is 0 Å². The summed E-state index contributed by atoms with van der Waals surface area (Å²) >= 11 is 0. The van der Waals surface area contributed by atoms with Gasteiger partial charge in [-0.15, -0.1) is 0 Å². The Balaban J connectivity index is 2.37. The Morgan fingerprint density at radius 1 is 1.38 bits per heavy atom. The van der Waals surface area contributed by atoms with Crippen molar-refractivity contribution < 1.29 is 13.5 Å². The molecule has 0 spiro atoms. The Bertz CT molecular complexity index is 699. The zero-order chi connectivity index (χ0) is 15.2. The molecule has 0 saturated carbocycles. The number of benzene rings is 1. The van der Waals surface area contributed by atoms with Crippen molar-refractivity contribution in [3.63, 3.8) is 0 Å². The summed E-state index contributed by atoms with van der Waals surface area (Å²) in [6, 6.07) is 8.69. The van der Waals surface area contributed by atoms with Gasteiger partial charge in [-0.25, -0.2) is 8.78 Å². The summed E-state index contributed by atoms with van der Waals surface area (Å²) in [7, 11) is 0. The standard InChI is InChI=1S/C16H14F2N2O/c1-2-21-11-20-7-3-4-14(20)8-12(10-19)15-6-5-13(17)9-16(15)18/h3-9H,2,11H2,1H3/b12-8+. The van der Waals surface area contributed by atoms with Crippen LogP contribution in [-0.2, 0) is 11.5 Å². The first-order chi connectivity index (χ1) is 10.2. The van der Waals surface area contributed by atoms with Gasteiger partial charge < -0.3 is 9.30 Å². The molecule has 0 aliphatic carbocycles. The van der Waals surface area contributed by atoms with Crippen molar-refractivity contribution in [2.75, 3.05) is 6.61 Å². The van der Waals surface area contributed by atoms with Crippen molar-refractivity contribution >= 4 is 11.6 Å². The maximum atomic E-state index is 13.8. The van der Waals surface area contributed by atoms with Crippen LogP contribution in [-0.4, -0.2) is 11.2 Å². The second-order valence-electron chi connectivity index (χ2n) is 4.32. The predicted molar refractivity (Wildman–Crippen MR) is 75.9 cm³/mol. The van der Waals surface area contributed by atoms with E-state index >= 15 is 0 Å². The summed E-state index contributed by atoms with van der Waals surface area (Å²) in [4.78, 5) is 0. The van der Waals surface area contributed by atoms with Gasteiger partial charge in [0, 0.05) is 30.1 Å². The fraction of sp³-hybridized carbons (Fsp3) is 0.188. The Morgan fingerprint density at radius 2 is 2.19 bits per heavy atom. The molecule has 0 aliphatic rings. The smallest absolute Gasteiger partial charge is 0.134 e. The molecule has 21 heavy (non-hydrogen) atoms. The third kappa shape index (κ3) is 3.56. The Kier molecular flexibility index (Phi) is 4.85. The number of nitriles is 1. The predicted octanol–water partition coefficient (Wildman–Crippen LogP) is 3.82. The normalized spacial score (nSPS) is 11.4. The highest BCUT2D eigenvalue weighted by molar-refractivity contribution is 5.89. The van der Waals surface area contributed by atoms with E-state index in [9.17, 15) is 14.0 Å². The Labute approximate surface area is 121 Å². The number of aromatic nitrogens is 1. The lowest BCUT2D eigenvalue weighted by Crippen LogP contribution is -2.02. The van der Waals surface area contributed by atoms with E-state index in [1.807, 2.05) is 13.0 Å². The maximum absolute atomic E-state index is 13.8. The van der Waals surface area contributed by atoms with Gasteiger partial charge in [0.05, 0.1) is 11.6 Å². The second-order valence-corrected chi connectivity index (χ2v) is 4.32. The molecular weight excluding hydrogens is 274 g/mol. The van der Waals surface area contributed by atoms with Crippen LogP contribution in [0.1, 0.15) is 18.2 Å². The first-order valence-electron chi connectivity index (χ1n) is 6.45. The summed E-state index contributed by atoms with van der Waals surface area (Å²) in [5.74, 6) is -1.43. The summed E-state index contributed by atoms with van der Waals surface area (Å²) in [5, 5.41) is 9.22. The molecular formula is C16H14F2N2O. The average Bonchev–Trinajstić information content (AvgIpc) is 2.90. The van der Waals surface area contributed by atoms with Gasteiger partial charge in [0.15, 0.2) is 0 Å². The number of rotatable bonds is 5. The first-order valence-corrected chi connectivity index (χ1v) is 6.45. The molecule has 0 fully saturated rings. The molecule has 5 heteroatoms. The van der Waals surface area contributed by atoms with Crippen LogP contribution in [0.5, 0.6) is 0 Å². The van der Waals surface area contributed by atoms with Gasteiger partial charge >= 0.3 is 0 Å². The highest BCUT2D eigenvalue weighted by Gasteiger charge is 2.10. The molecule has 3 nitrogen and oxygen atoms in total. The van der Waals surface area contributed by atoms with Crippen LogP contribution < -0.4 is 0 Å². The molecule has 0 N–H and O–H groups in total. The highest BCUT2D eigenvalue weighted by atomic mass is 19.1. The molecule has 1 aromatic carbocycles. The van der Waals surface area contributed by atoms with Crippen LogP contribution in [0.3, 0.4) is 0 Å². The van der Waals surface area contributed by atoms with Crippen molar-refractivity contribution in [3.05, 3.63) is 59.4 Å². The van der Waals surface area contributed by atoms with Crippen molar-refractivity contribution in [1.82, 2.24) is 4.57 Å². The van der Waals surface area contributed by atoms with Crippen molar-refractivity contribution in [1.29, 1.82) is 5.26 Å². The quantitative estimate of drug-likeness (QED) is 0.784. The number of halogens is 2. The van der Waals surface area contributed by atoms with Crippen LogP contribution in [0.15, 0.2) is 36.5 Å². The zero-order valence-electron chi connectivity index (χ0n) is 11.5. The van der Waals surface area contributed by atoms with Crippen LogP contribution in [0.2, 0.25) is 0 Å². The van der Waals surface area contributed by atoms with Gasteiger partial charge in [0.25, 0.3) is 0 Å². The van der Waals surface area contributed by atoms with E-state index in [1.54, 1.807) is 29.0 Å². The van der Waals surface area contributed by atoms with Gasteiger partial charge in [-0.1, -0.05) is 0 Å². The maximum Gasteiger partial charge on any atom is 0.134 e. The van der Waals surface area contributed by atoms with E-state index in [0.29, 0.717) is 19.0 Å². The number of ether oxygens (including phenoxy) is 1. The third-order valence-electron chi connectivity index (χ3n) is 2.93. The second kappa shape index (κ2) is 6.82.